The SMILES string of the molecule is O=C(O)C1CCC(C(C2CCC(C(=O)O)CC2)(C(F)(F)F)C(F)(F)F)CC1. The van der Waals surface area contributed by atoms with Gasteiger partial charge >= 0.3 is 24.3 Å². The van der Waals surface area contributed by atoms with Gasteiger partial charge in [-0.2, -0.15) is 26.3 Å². The van der Waals surface area contributed by atoms with Gasteiger partial charge in [0, 0.05) is 0 Å². The average Bonchev–Trinajstić information content (AvgIpc) is 2.53. The van der Waals surface area contributed by atoms with Crippen molar-refractivity contribution in [3.8, 4) is 0 Å². The molecule has 2 fully saturated rings. The van der Waals surface area contributed by atoms with Gasteiger partial charge in [-0.05, 0) is 63.2 Å². The Bertz CT molecular complexity index is 505. The minimum absolute atomic E-state index is 0.224. The molecule has 0 spiro atoms. The molecule has 0 aromatic rings. The molecule has 0 atom stereocenters. The van der Waals surface area contributed by atoms with Crippen LogP contribution in [-0.4, -0.2) is 34.5 Å². The molecule has 2 saturated carbocycles. The van der Waals surface area contributed by atoms with Crippen molar-refractivity contribution in [1.82, 2.24) is 0 Å². The number of carbonyl (C=O) groups is 2. The molecule has 27 heavy (non-hydrogen) atoms. The Balaban J connectivity index is 2.38. The van der Waals surface area contributed by atoms with Crippen LogP contribution in [0.3, 0.4) is 0 Å². The largest absolute Gasteiger partial charge is 0.481 e. The third-order valence-electron chi connectivity index (χ3n) is 6.38. The molecule has 0 aliphatic heterocycles. The number of hydrogen-bond acceptors (Lipinski definition) is 2. The second kappa shape index (κ2) is 7.50. The Morgan fingerprint density at radius 1 is 0.593 bits per heavy atom. The van der Waals surface area contributed by atoms with E-state index < -0.39 is 79.1 Å². The van der Waals surface area contributed by atoms with Gasteiger partial charge in [-0.1, -0.05) is 0 Å². The normalized spacial score (nSPS) is 30.7. The zero-order chi connectivity index (χ0) is 20.6. The van der Waals surface area contributed by atoms with Crippen molar-refractivity contribution in [1.29, 1.82) is 0 Å². The van der Waals surface area contributed by atoms with Crippen molar-refractivity contribution < 1.29 is 46.1 Å². The third-order valence-corrected chi connectivity index (χ3v) is 6.38. The van der Waals surface area contributed by atoms with Gasteiger partial charge in [0.25, 0.3) is 0 Å². The zero-order valence-corrected chi connectivity index (χ0v) is 14.4. The highest BCUT2D eigenvalue weighted by atomic mass is 19.4. The van der Waals surface area contributed by atoms with Crippen molar-refractivity contribution in [3.63, 3.8) is 0 Å². The monoisotopic (exact) mass is 404 g/mol. The van der Waals surface area contributed by atoms with E-state index in [-0.39, 0.29) is 25.7 Å². The van der Waals surface area contributed by atoms with Crippen LogP contribution in [0.1, 0.15) is 51.4 Å². The highest BCUT2D eigenvalue weighted by Crippen LogP contribution is 2.65. The molecule has 0 heterocycles. The Morgan fingerprint density at radius 2 is 0.852 bits per heavy atom. The van der Waals surface area contributed by atoms with Crippen LogP contribution in [0.25, 0.3) is 0 Å². The van der Waals surface area contributed by atoms with Gasteiger partial charge < -0.3 is 10.2 Å². The minimum atomic E-state index is -5.55. The summed E-state index contributed by atoms with van der Waals surface area (Å²) in [6.07, 6.45) is -13.8. The molecular formula is C17H22F6O4. The molecule has 10 heteroatoms. The van der Waals surface area contributed by atoms with Gasteiger partial charge in [-0.25, -0.2) is 0 Å². The third kappa shape index (κ3) is 3.89. The number of hydrogen-bond donors (Lipinski definition) is 2. The smallest absolute Gasteiger partial charge is 0.403 e. The van der Waals surface area contributed by atoms with Crippen molar-refractivity contribution >= 4 is 11.9 Å². The highest BCUT2D eigenvalue weighted by molar-refractivity contribution is 5.70. The lowest BCUT2D eigenvalue weighted by molar-refractivity contribution is -0.382. The summed E-state index contributed by atoms with van der Waals surface area (Å²) >= 11 is 0. The standard InChI is InChI=1S/C17H22F6O4/c18-16(19,20)15(17(21,22)23,11-5-1-9(2-6-11)13(24)25)12-7-3-10(4-8-12)14(26)27/h9-12H,1-8H2,(H,24,25)(H,26,27). The Labute approximate surface area is 151 Å². The molecule has 0 bridgehead atoms. The first-order chi connectivity index (χ1) is 12.3. The maximum atomic E-state index is 14.0. The molecule has 0 unspecified atom stereocenters. The molecule has 2 aliphatic carbocycles. The number of halogens is 6. The predicted molar refractivity (Wildman–Crippen MR) is 80.7 cm³/mol. The van der Waals surface area contributed by atoms with Crippen molar-refractivity contribution in [3.05, 3.63) is 0 Å². The fraction of sp³-hybridized carbons (Fsp3) is 0.882. The number of carboxylic acids is 2. The molecule has 0 aromatic carbocycles. The Kier molecular flexibility index (Phi) is 6.06. The molecule has 2 N–H and O–H groups in total. The van der Waals surface area contributed by atoms with E-state index in [1.54, 1.807) is 0 Å². The second-order valence-electron chi connectivity index (χ2n) is 7.64. The van der Waals surface area contributed by atoms with Gasteiger partial charge in [0.1, 0.15) is 0 Å². The fourth-order valence-corrected chi connectivity index (χ4v) is 5.01. The van der Waals surface area contributed by atoms with Gasteiger partial charge in [-0.15, -0.1) is 0 Å². The van der Waals surface area contributed by atoms with E-state index in [1.165, 1.54) is 0 Å². The van der Waals surface area contributed by atoms with E-state index in [0.717, 1.165) is 0 Å². The lowest BCUT2D eigenvalue weighted by Gasteiger charge is -2.51. The molecule has 156 valence electrons. The van der Waals surface area contributed by atoms with Crippen molar-refractivity contribution in [2.24, 2.45) is 29.1 Å². The van der Waals surface area contributed by atoms with Crippen LogP contribution in [0.2, 0.25) is 0 Å². The van der Waals surface area contributed by atoms with E-state index in [2.05, 4.69) is 0 Å². The quantitative estimate of drug-likeness (QED) is 0.655. The minimum Gasteiger partial charge on any atom is -0.481 e. The predicted octanol–water partition coefficient (Wildman–Crippen LogP) is 4.88. The first-order valence-electron chi connectivity index (χ1n) is 8.91. The highest BCUT2D eigenvalue weighted by Gasteiger charge is 2.76. The Morgan fingerprint density at radius 3 is 1.04 bits per heavy atom. The summed E-state index contributed by atoms with van der Waals surface area (Å²) in [6.45, 7) is 0. The fourth-order valence-electron chi connectivity index (χ4n) is 5.01. The van der Waals surface area contributed by atoms with E-state index in [4.69, 9.17) is 10.2 Å². The molecule has 2 rings (SSSR count). The summed E-state index contributed by atoms with van der Waals surface area (Å²) in [4.78, 5) is 22.0. The summed E-state index contributed by atoms with van der Waals surface area (Å²) in [7, 11) is 0. The van der Waals surface area contributed by atoms with Crippen LogP contribution < -0.4 is 0 Å². The van der Waals surface area contributed by atoms with Gasteiger partial charge in [0.15, 0.2) is 5.41 Å². The van der Waals surface area contributed by atoms with Crippen LogP contribution in [0.5, 0.6) is 0 Å². The first-order valence-corrected chi connectivity index (χ1v) is 8.91. The van der Waals surface area contributed by atoms with E-state index in [0.29, 0.717) is 0 Å². The summed E-state index contributed by atoms with van der Waals surface area (Å²) in [5.74, 6) is -7.77. The van der Waals surface area contributed by atoms with Crippen LogP contribution in [0.4, 0.5) is 26.3 Å². The topological polar surface area (TPSA) is 74.6 Å². The summed E-state index contributed by atoms with van der Waals surface area (Å²) in [5.41, 5.74) is -3.92. The molecule has 4 nitrogen and oxygen atoms in total. The summed E-state index contributed by atoms with van der Waals surface area (Å²) in [5, 5.41) is 18.0. The summed E-state index contributed by atoms with van der Waals surface area (Å²) in [6, 6.07) is 0. The summed E-state index contributed by atoms with van der Waals surface area (Å²) < 4.78 is 84.0. The molecule has 0 amide bonds. The molecule has 0 saturated heterocycles. The van der Waals surface area contributed by atoms with E-state index in [9.17, 15) is 35.9 Å². The maximum absolute atomic E-state index is 14.0. The lowest BCUT2D eigenvalue weighted by Crippen LogP contribution is -2.60. The number of rotatable bonds is 4. The van der Waals surface area contributed by atoms with E-state index >= 15 is 0 Å². The van der Waals surface area contributed by atoms with Crippen LogP contribution in [0.15, 0.2) is 0 Å². The molecule has 2 aliphatic rings. The second-order valence-corrected chi connectivity index (χ2v) is 7.64. The van der Waals surface area contributed by atoms with Gasteiger partial charge in [0.05, 0.1) is 11.8 Å². The molecule has 0 aromatic heterocycles. The number of alkyl halides is 6. The molecular weight excluding hydrogens is 382 g/mol. The Hall–Kier alpha value is -1.48. The van der Waals surface area contributed by atoms with Crippen LogP contribution >= 0.6 is 0 Å². The first kappa shape index (κ1) is 21.8. The lowest BCUT2D eigenvalue weighted by atomic mass is 9.56. The van der Waals surface area contributed by atoms with Crippen LogP contribution in [-0.2, 0) is 9.59 Å². The maximum Gasteiger partial charge on any atom is 0.403 e. The van der Waals surface area contributed by atoms with Crippen LogP contribution in [0, 0.1) is 29.1 Å². The van der Waals surface area contributed by atoms with Crippen molar-refractivity contribution in [2.45, 2.75) is 63.7 Å². The number of carboxylic acid groups (broad SMARTS) is 2. The average molecular weight is 404 g/mol. The zero-order valence-electron chi connectivity index (χ0n) is 14.4. The van der Waals surface area contributed by atoms with Gasteiger partial charge in [-0.3, -0.25) is 9.59 Å². The number of aliphatic carboxylic acids is 2. The van der Waals surface area contributed by atoms with E-state index in [1.807, 2.05) is 0 Å². The van der Waals surface area contributed by atoms with Gasteiger partial charge in [0.2, 0.25) is 0 Å². The molecule has 0 radical (unpaired) electrons. The van der Waals surface area contributed by atoms with Crippen molar-refractivity contribution in [2.75, 3.05) is 0 Å².